The number of benzene rings is 2. The minimum atomic E-state index is -1.07. The molecule has 36 heavy (non-hydrogen) atoms. The summed E-state index contributed by atoms with van der Waals surface area (Å²) < 4.78 is 10.4. The first-order chi connectivity index (χ1) is 17.3. The molecule has 3 rings (SSSR count). The lowest BCUT2D eigenvalue weighted by atomic mass is 9.88. The van der Waals surface area contributed by atoms with Crippen LogP contribution in [-0.2, 0) is 31.9 Å². The number of carboxylic acid groups (broad SMARTS) is 1. The summed E-state index contributed by atoms with van der Waals surface area (Å²) in [5, 5.41) is 22.5. The van der Waals surface area contributed by atoms with Crippen LogP contribution in [0.1, 0.15) is 48.2 Å². The van der Waals surface area contributed by atoms with Gasteiger partial charge in [0.2, 0.25) is 0 Å². The van der Waals surface area contributed by atoms with Gasteiger partial charge in [0.1, 0.15) is 12.7 Å². The molecule has 1 heterocycles. The zero-order valence-electron chi connectivity index (χ0n) is 20.7. The van der Waals surface area contributed by atoms with Gasteiger partial charge in [-0.25, -0.2) is 4.79 Å². The fourth-order valence-electron chi connectivity index (χ4n) is 3.99. The largest absolute Gasteiger partial charge is 0.478 e. The number of nitrogens with zero attached hydrogens (tertiary/aromatic N) is 1. The molecule has 0 saturated carbocycles. The van der Waals surface area contributed by atoms with E-state index in [9.17, 15) is 24.8 Å². The molecular formula is C26H34N2O8. The molecule has 0 amide bonds. The Kier molecular flexibility index (Phi) is 12.4. The number of hydrogen-bond acceptors (Lipinski definition) is 8. The molecule has 1 atom stereocenters. The highest BCUT2D eigenvalue weighted by Crippen LogP contribution is 2.31. The van der Waals surface area contributed by atoms with Crippen molar-refractivity contribution in [2.24, 2.45) is 0 Å². The van der Waals surface area contributed by atoms with Crippen LogP contribution < -0.4 is 5.32 Å². The van der Waals surface area contributed by atoms with E-state index in [1.54, 1.807) is 6.07 Å². The first-order valence-electron chi connectivity index (χ1n) is 12.0. The Hall–Kier alpha value is -3.50. The first-order valence-corrected chi connectivity index (χ1v) is 12.0. The highest BCUT2D eigenvalue weighted by molar-refractivity contribution is 5.92. The maximum atomic E-state index is 11.9. The number of carbonyl (C=O) groups excluding carboxylic acids is 1. The molecule has 0 aromatic heterocycles. The van der Waals surface area contributed by atoms with Gasteiger partial charge in [-0.3, -0.25) is 4.79 Å². The predicted molar refractivity (Wildman–Crippen MR) is 133 cm³/mol. The Morgan fingerprint density at radius 3 is 2.39 bits per heavy atom. The summed E-state index contributed by atoms with van der Waals surface area (Å²) in [6.07, 6.45) is 1.47. The van der Waals surface area contributed by atoms with Crippen molar-refractivity contribution in [3.63, 3.8) is 0 Å². The summed E-state index contributed by atoms with van der Waals surface area (Å²) in [7, 11) is 0. The van der Waals surface area contributed by atoms with Gasteiger partial charge in [0.15, 0.2) is 0 Å². The minimum absolute atomic E-state index is 0.107. The minimum Gasteiger partial charge on any atom is -0.478 e. The van der Waals surface area contributed by atoms with Gasteiger partial charge in [0.25, 0.3) is 5.09 Å². The van der Waals surface area contributed by atoms with Gasteiger partial charge < -0.3 is 24.7 Å². The maximum Gasteiger partial charge on any atom is 0.335 e. The molecule has 1 saturated heterocycles. The van der Waals surface area contributed by atoms with Crippen LogP contribution in [0.3, 0.4) is 0 Å². The van der Waals surface area contributed by atoms with Crippen molar-refractivity contribution in [1.82, 2.24) is 5.32 Å². The Bertz CT molecular complexity index is 996. The summed E-state index contributed by atoms with van der Waals surface area (Å²) in [5.41, 5.74) is 2.95. The van der Waals surface area contributed by atoms with Crippen molar-refractivity contribution in [3.8, 4) is 11.1 Å². The van der Waals surface area contributed by atoms with E-state index in [-0.39, 0.29) is 25.0 Å². The second kappa shape index (κ2) is 15.5. The number of ether oxygens (including phenoxy) is 2. The number of carboxylic acids is 1. The molecule has 1 unspecified atom stereocenters. The number of nitrogens with one attached hydrogen (secondary N) is 1. The van der Waals surface area contributed by atoms with Crippen LogP contribution in [0.5, 0.6) is 0 Å². The normalized spacial score (nSPS) is 13.6. The van der Waals surface area contributed by atoms with Crippen molar-refractivity contribution in [3.05, 3.63) is 69.3 Å². The van der Waals surface area contributed by atoms with Crippen molar-refractivity contribution < 1.29 is 34.1 Å². The molecule has 2 aromatic rings. The summed E-state index contributed by atoms with van der Waals surface area (Å²) in [6.45, 7) is 7.02. The fourth-order valence-corrected chi connectivity index (χ4v) is 3.99. The first kappa shape index (κ1) is 28.7. The van der Waals surface area contributed by atoms with Gasteiger partial charge in [-0.15, -0.1) is 10.1 Å². The second-order valence-corrected chi connectivity index (χ2v) is 8.19. The van der Waals surface area contributed by atoms with Crippen LogP contribution >= 0.6 is 0 Å². The van der Waals surface area contributed by atoms with Crippen LogP contribution in [0, 0.1) is 10.1 Å². The lowest BCUT2D eigenvalue weighted by Gasteiger charge is -2.21. The number of morpholine rings is 1. The molecule has 0 spiro atoms. The smallest absolute Gasteiger partial charge is 0.335 e. The van der Waals surface area contributed by atoms with Gasteiger partial charge in [-0.1, -0.05) is 49.7 Å². The van der Waals surface area contributed by atoms with Crippen molar-refractivity contribution >= 4 is 11.9 Å². The van der Waals surface area contributed by atoms with Crippen LogP contribution in [0.4, 0.5) is 0 Å². The molecule has 2 N–H and O–H groups in total. The Labute approximate surface area is 210 Å². The average Bonchev–Trinajstić information content (AvgIpc) is 2.85. The van der Waals surface area contributed by atoms with Crippen LogP contribution in [0.2, 0.25) is 0 Å². The molecule has 0 bridgehead atoms. The second-order valence-electron chi connectivity index (χ2n) is 8.19. The lowest BCUT2D eigenvalue weighted by Crippen LogP contribution is -2.30. The van der Waals surface area contributed by atoms with E-state index in [2.05, 4.69) is 10.2 Å². The Morgan fingerprint density at radius 2 is 1.83 bits per heavy atom. The van der Waals surface area contributed by atoms with E-state index in [1.165, 1.54) is 13.0 Å². The topological polar surface area (TPSA) is 137 Å². The number of hydrogen-bond donors (Lipinski definition) is 2. The molecule has 10 heteroatoms. The number of aromatic carboxylic acids is 1. The van der Waals surface area contributed by atoms with Crippen LogP contribution in [0.15, 0.2) is 42.5 Å². The Balaban J connectivity index is 0.000000662. The highest BCUT2D eigenvalue weighted by atomic mass is 16.9. The molecule has 10 nitrogen and oxygen atoms in total. The molecule has 1 aliphatic rings. The third-order valence-corrected chi connectivity index (χ3v) is 5.50. The summed E-state index contributed by atoms with van der Waals surface area (Å²) in [6, 6.07) is 12.3. The molecule has 1 aliphatic heterocycles. The van der Waals surface area contributed by atoms with Gasteiger partial charge in [0.05, 0.1) is 18.8 Å². The fraction of sp³-hybridized carbons (Fsp3) is 0.462. The monoisotopic (exact) mass is 502 g/mol. The third-order valence-electron chi connectivity index (χ3n) is 5.50. The molecule has 0 radical (unpaired) electrons. The van der Waals surface area contributed by atoms with Gasteiger partial charge in [0, 0.05) is 26.4 Å². The van der Waals surface area contributed by atoms with E-state index in [0.29, 0.717) is 17.5 Å². The van der Waals surface area contributed by atoms with Crippen molar-refractivity contribution in [2.45, 2.75) is 45.6 Å². The van der Waals surface area contributed by atoms with E-state index in [1.807, 2.05) is 37.3 Å². The average molecular weight is 503 g/mol. The van der Waals surface area contributed by atoms with E-state index in [4.69, 9.17) is 9.47 Å². The van der Waals surface area contributed by atoms with E-state index < -0.39 is 23.1 Å². The molecule has 2 aromatic carbocycles. The van der Waals surface area contributed by atoms with Gasteiger partial charge in [-0.05, 0) is 41.2 Å². The number of esters is 1. The molecule has 196 valence electrons. The van der Waals surface area contributed by atoms with E-state index in [0.717, 1.165) is 43.9 Å². The maximum absolute atomic E-state index is 11.9. The standard InChI is InChI=1S/C22H25NO7.C4H9NO/c1-3-7-17(30-15(2)24)14-21-19(10-6-11-20(21)22(25)26)18-9-5-4-8-16(18)12-13-29-23(27)28;1-3-6-4-2-5-1/h4-6,8-11,17H,3,7,12-14H2,1-2H3,(H,25,26);5H,1-4H2. The van der Waals surface area contributed by atoms with Gasteiger partial charge >= 0.3 is 11.9 Å². The molecule has 1 fully saturated rings. The summed E-state index contributed by atoms with van der Waals surface area (Å²) in [4.78, 5) is 38.3. The zero-order valence-corrected chi connectivity index (χ0v) is 20.7. The highest BCUT2D eigenvalue weighted by Gasteiger charge is 2.22. The summed E-state index contributed by atoms with van der Waals surface area (Å²) >= 11 is 0. The zero-order chi connectivity index (χ0) is 26.3. The predicted octanol–water partition coefficient (Wildman–Crippen LogP) is 3.68. The lowest BCUT2D eigenvalue weighted by molar-refractivity contribution is -0.757. The third kappa shape index (κ3) is 9.63. The quantitative estimate of drug-likeness (QED) is 0.268. The summed E-state index contributed by atoms with van der Waals surface area (Å²) in [5.74, 6) is -1.49. The van der Waals surface area contributed by atoms with Crippen LogP contribution in [-0.4, -0.2) is 61.1 Å². The molecule has 0 aliphatic carbocycles. The van der Waals surface area contributed by atoms with Crippen molar-refractivity contribution in [1.29, 1.82) is 0 Å². The van der Waals surface area contributed by atoms with Crippen LogP contribution in [0.25, 0.3) is 11.1 Å². The molecular weight excluding hydrogens is 468 g/mol. The number of rotatable bonds is 11. The van der Waals surface area contributed by atoms with Gasteiger partial charge in [-0.2, -0.15) is 0 Å². The van der Waals surface area contributed by atoms with E-state index >= 15 is 0 Å². The Morgan fingerprint density at radius 1 is 1.14 bits per heavy atom. The SMILES string of the molecule is C1COCCN1.CCCC(Cc1c(C(=O)O)cccc1-c1ccccc1CCO[N+](=O)[O-])OC(C)=O. The van der Waals surface area contributed by atoms with Crippen molar-refractivity contribution in [2.75, 3.05) is 32.9 Å². The number of carbonyl (C=O) groups is 2.